The number of benzene rings is 1. The normalized spacial score (nSPS) is 11.9. The molecule has 3 aromatic rings. The molecule has 110 valence electrons. The highest BCUT2D eigenvalue weighted by Gasteiger charge is 2.25. The van der Waals surface area contributed by atoms with Crippen LogP contribution in [0.3, 0.4) is 0 Å². The third-order valence-corrected chi connectivity index (χ3v) is 5.17. The van der Waals surface area contributed by atoms with Crippen molar-refractivity contribution in [1.29, 1.82) is 0 Å². The van der Waals surface area contributed by atoms with E-state index in [1.54, 1.807) is 5.38 Å². The number of phenolic OH excluding ortho intramolecular Hbond substituents is 1. The van der Waals surface area contributed by atoms with Crippen LogP contribution in [0.15, 0.2) is 34.8 Å². The number of phenols is 1. The molecular formula is C11H7ClFN3O3S2. The highest BCUT2D eigenvalue weighted by atomic mass is 35.5. The number of hydrogen-bond donors (Lipinski definition) is 2. The summed E-state index contributed by atoms with van der Waals surface area (Å²) in [7, 11) is -4.05. The quantitative estimate of drug-likeness (QED) is 0.713. The van der Waals surface area contributed by atoms with Crippen LogP contribution < -0.4 is 4.72 Å². The van der Waals surface area contributed by atoms with E-state index in [2.05, 4.69) is 9.71 Å². The van der Waals surface area contributed by atoms with Crippen LogP contribution in [-0.2, 0) is 10.0 Å². The molecule has 0 aliphatic rings. The summed E-state index contributed by atoms with van der Waals surface area (Å²) in [5, 5.41) is 10.4. The minimum Gasteiger partial charge on any atom is -0.505 e. The second-order valence-electron chi connectivity index (χ2n) is 4.04. The summed E-state index contributed by atoms with van der Waals surface area (Å²) >= 11 is 7.09. The first kappa shape index (κ1) is 14.1. The Labute approximate surface area is 127 Å². The summed E-state index contributed by atoms with van der Waals surface area (Å²) in [4.78, 5) is 4.35. The summed E-state index contributed by atoms with van der Waals surface area (Å²) in [6.07, 6.45) is 1.52. The van der Waals surface area contributed by atoms with Crippen LogP contribution in [0.4, 0.5) is 10.1 Å². The standard InChI is InChI=1S/C11H7ClFN3O3S2/c12-9-10(16-3-4-20-11(16)14-9)21(18,19)15-6-1-2-8(17)7(13)5-6/h1-5,15,17H. The number of aromatic hydroxyl groups is 1. The fourth-order valence-corrected chi connectivity index (χ4v) is 4.26. The average molecular weight is 348 g/mol. The second-order valence-corrected chi connectivity index (χ2v) is 6.86. The lowest BCUT2D eigenvalue weighted by molar-refractivity contribution is 0.432. The van der Waals surface area contributed by atoms with Gasteiger partial charge in [0.1, 0.15) is 0 Å². The van der Waals surface area contributed by atoms with E-state index in [1.165, 1.54) is 28.0 Å². The molecule has 2 N–H and O–H groups in total. The Kier molecular flexibility index (Phi) is 3.27. The molecule has 0 unspecified atom stereocenters. The van der Waals surface area contributed by atoms with Crippen molar-refractivity contribution in [3.63, 3.8) is 0 Å². The largest absolute Gasteiger partial charge is 0.505 e. The molecule has 0 aliphatic heterocycles. The van der Waals surface area contributed by atoms with Crippen molar-refractivity contribution in [2.24, 2.45) is 0 Å². The molecule has 1 aromatic carbocycles. The topological polar surface area (TPSA) is 83.7 Å². The number of thiazole rings is 1. The summed E-state index contributed by atoms with van der Waals surface area (Å²) in [6.45, 7) is 0. The van der Waals surface area contributed by atoms with Gasteiger partial charge in [-0.3, -0.25) is 9.12 Å². The Morgan fingerprint density at radius 3 is 2.90 bits per heavy atom. The molecule has 6 nitrogen and oxygen atoms in total. The first-order chi connectivity index (χ1) is 9.88. The Balaban J connectivity index is 2.06. The van der Waals surface area contributed by atoms with E-state index in [0.717, 1.165) is 12.1 Å². The van der Waals surface area contributed by atoms with Crippen molar-refractivity contribution in [1.82, 2.24) is 9.38 Å². The third kappa shape index (κ3) is 2.43. The number of hydrogen-bond acceptors (Lipinski definition) is 5. The van der Waals surface area contributed by atoms with Gasteiger partial charge < -0.3 is 5.11 Å². The number of rotatable bonds is 3. The number of nitrogens with zero attached hydrogens (tertiary/aromatic N) is 2. The maximum Gasteiger partial charge on any atom is 0.281 e. The molecular weight excluding hydrogens is 341 g/mol. The Morgan fingerprint density at radius 1 is 1.43 bits per heavy atom. The molecule has 0 aliphatic carbocycles. The SMILES string of the molecule is O=S(=O)(Nc1ccc(O)c(F)c1)c1c(Cl)nc2sccn12. The molecule has 0 radical (unpaired) electrons. The molecule has 10 heteroatoms. The molecule has 0 fully saturated rings. The average Bonchev–Trinajstić information content (AvgIpc) is 2.92. The van der Waals surface area contributed by atoms with Crippen molar-refractivity contribution in [2.45, 2.75) is 5.03 Å². The highest BCUT2D eigenvalue weighted by Crippen LogP contribution is 2.28. The molecule has 0 saturated heterocycles. The lowest BCUT2D eigenvalue weighted by atomic mass is 10.3. The van der Waals surface area contributed by atoms with Gasteiger partial charge in [-0.1, -0.05) is 11.6 Å². The smallest absolute Gasteiger partial charge is 0.281 e. The third-order valence-electron chi connectivity index (χ3n) is 2.63. The number of fused-ring (bicyclic) bond motifs is 1. The summed E-state index contributed by atoms with van der Waals surface area (Å²) in [5.41, 5.74) is -0.0356. The van der Waals surface area contributed by atoms with E-state index in [1.807, 2.05) is 0 Å². The molecule has 0 spiro atoms. The number of anilines is 1. The van der Waals surface area contributed by atoms with Crippen LogP contribution in [0, 0.1) is 5.82 Å². The van der Waals surface area contributed by atoms with Crippen molar-refractivity contribution in [3.05, 3.63) is 40.7 Å². The van der Waals surface area contributed by atoms with Crippen molar-refractivity contribution < 1.29 is 17.9 Å². The lowest BCUT2D eigenvalue weighted by Gasteiger charge is -2.08. The first-order valence-corrected chi connectivity index (χ1v) is 8.25. The van der Waals surface area contributed by atoms with Gasteiger partial charge in [-0.05, 0) is 12.1 Å². The predicted molar refractivity (Wildman–Crippen MR) is 77.0 cm³/mol. The van der Waals surface area contributed by atoms with Crippen LogP contribution in [0.5, 0.6) is 5.75 Å². The van der Waals surface area contributed by atoms with E-state index in [9.17, 15) is 12.8 Å². The van der Waals surface area contributed by atoms with Gasteiger partial charge in [-0.25, -0.2) is 9.37 Å². The lowest BCUT2D eigenvalue weighted by Crippen LogP contribution is -2.15. The van der Waals surface area contributed by atoms with E-state index < -0.39 is 21.6 Å². The number of sulfonamides is 1. The Bertz CT molecular complexity index is 935. The molecule has 21 heavy (non-hydrogen) atoms. The molecule has 0 bridgehead atoms. The minimum atomic E-state index is -4.05. The number of aromatic nitrogens is 2. The monoisotopic (exact) mass is 347 g/mol. The molecule has 0 amide bonds. The zero-order chi connectivity index (χ0) is 15.2. The summed E-state index contributed by atoms with van der Waals surface area (Å²) < 4.78 is 41.5. The summed E-state index contributed by atoms with van der Waals surface area (Å²) in [5.74, 6) is -1.50. The maximum atomic E-state index is 13.3. The Morgan fingerprint density at radius 2 is 2.19 bits per heavy atom. The fraction of sp³-hybridized carbons (Fsp3) is 0. The van der Waals surface area contributed by atoms with E-state index in [0.29, 0.717) is 4.96 Å². The van der Waals surface area contributed by atoms with Gasteiger partial charge in [0.25, 0.3) is 10.0 Å². The molecule has 2 aromatic heterocycles. The van der Waals surface area contributed by atoms with Crippen molar-refractivity contribution >= 4 is 43.6 Å². The highest BCUT2D eigenvalue weighted by molar-refractivity contribution is 7.92. The number of halogens is 2. The van der Waals surface area contributed by atoms with Gasteiger partial charge in [0, 0.05) is 17.6 Å². The van der Waals surface area contributed by atoms with Gasteiger partial charge in [0.15, 0.2) is 26.7 Å². The zero-order valence-corrected chi connectivity index (χ0v) is 12.5. The van der Waals surface area contributed by atoms with E-state index in [-0.39, 0.29) is 15.9 Å². The van der Waals surface area contributed by atoms with Gasteiger partial charge in [-0.15, -0.1) is 11.3 Å². The van der Waals surface area contributed by atoms with Crippen LogP contribution in [-0.4, -0.2) is 22.9 Å². The second kappa shape index (κ2) is 4.86. The van der Waals surface area contributed by atoms with Crippen molar-refractivity contribution in [3.8, 4) is 5.75 Å². The molecule has 0 saturated carbocycles. The van der Waals surface area contributed by atoms with Crippen LogP contribution in [0.25, 0.3) is 4.96 Å². The van der Waals surface area contributed by atoms with Gasteiger partial charge in [0.2, 0.25) is 0 Å². The van der Waals surface area contributed by atoms with Gasteiger partial charge in [0.05, 0.1) is 5.69 Å². The molecule has 3 rings (SSSR count). The number of nitrogens with one attached hydrogen (secondary N) is 1. The van der Waals surface area contributed by atoms with Crippen LogP contribution in [0.1, 0.15) is 0 Å². The van der Waals surface area contributed by atoms with E-state index in [4.69, 9.17) is 16.7 Å². The molecule has 0 atom stereocenters. The first-order valence-electron chi connectivity index (χ1n) is 5.51. The Hall–Kier alpha value is -1.84. The van der Waals surface area contributed by atoms with Gasteiger partial charge in [-0.2, -0.15) is 8.42 Å². The summed E-state index contributed by atoms with van der Waals surface area (Å²) in [6, 6.07) is 3.15. The van der Waals surface area contributed by atoms with Crippen LogP contribution >= 0.6 is 22.9 Å². The van der Waals surface area contributed by atoms with Gasteiger partial charge >= 0.3 is 0 Å². The predicted octanol–water partition coefficient (Wildman–Crippen LogP) is 2.69. The minimum absolute atomic E-state index is 0.0356. The maximum absolute atomic E-state index is 13.3. The van der Waals surface area contributed by atoms with Crippen molar-refractivity contribution in [2.75, 3.05) is 4.72 Å². The fourth-order valence-electron chi connectivity index (χ4n) is 1.75. The molecule has 2 heterocycles. The zero-order valence-electron chi connectivity index (χ0n) is 10.1. The number of imidazole rings is 1. The van der Waals surface area contributed by atoms with E-state index >= 15 is 0 Å². The van der Waals surface area contributed by atoms with Crippen LogP contribution in [0.2, 0.25) is 5.15 Å².